The van der Waals surface area contributed by atoms with Crippen molar-refractivity contribution in [3.8, 4) is 5.75 Å². The molecule has 13 heteroatoms. The Morgan fingerprint density at radius 1 is 1.11 bits per heavy atom. The number of hydrogen-bond donors (Lipinski definition) is 7. The van der Waals surface area contributed by atoms with Crippen molar-refractivity contribution in [1.82, 2.24) is 15.5 Å². The average molecular weight is 510 g/mol. The van der Waals surface area contributed by atoms with Gasteiger partial charge in [0.15, 0.2) is 0 Å². The fraction of sp³-hybridized carbons (Fsp3) is 0.500. The van der Waals surface area contributed by atoms with E-state index in [4.69, 9.17) is 11.5 Å². The molecule has 0 spiro atoms. The van der Waals surface area contributed by atoms with Gasteiger partial charge in [-0.15, -0.1) is 0 Å². The van der Waals surface area contributed by atoms with Crippen LogP contribution >= 0.6 is 12.6 Å². The summed E-state index contributed by atoms with van der Waals surface area (Å²) in [4.78, 5) is 62.5. The Morgan fingerprint density at radius 3 is 2.34 bits per heavy atom. The lowest BCUT2D eigenvalue weighted by atomic mass is 10.0. The van der Waals surface area contributed by atoms with Crippen LogP contribution in [-0.4, -0.2) is 81.2 Å². The van der Waals surface area contributed by atoms with E-state index in [2.05, 4.69) is 23.3 Å². The monoisotopic (exact) mass is 509 g/mol. The summed E-state index contributed by atoms with van der Waals surface area (Å²) >= 11 is 3.94. The largest absolute Gasteiger partial charge is 0.508 e. The zero-order valence-corrected chi connectivity index (χ0v) is 19.9. The van der Waals surface area contributed by atoms with Crippen molar-refractivity contribution in [2.75, 3.05) is 12.3 Å². The zero-order chi connectivity index (χ0) is 26.1. The molecule has 0 bridgehead atoms. The maximum atomic E-state index is 13.5. The maximum absolute atomic E-state index is 13.5. The third-order valence-electron chi connectivity index (χ3n) is 5.66. The van der Waals surface area contributed by atoms with Gasteiger partial charge in [-0.25, -0.2) is 4.79 Å². The average Bonchev–Trinajstić information content (AvgIpc) is 3.31. The molecule has 35 heavy (non-hydrogen) atoms. The number of carbonyl (C=O) groups is 5. The smallest absolute Gasteiger partial charge is 0.327 e. The number of phenols is 1. The van der Waals surface area contributed by atoms with Crippen molar-refractivity contribution in [3.05, 3.63) is 29.8 Å². The van der Waals surface area contributed by atoms with Crippen molar-refractivity contribution < 1.29 is 34.2 Å². The summed E-state index contributed by atoms with van der Waals surface area (Å²) in [6.07, 6.45) is 0.785. The molecule has 12 nitrogen and oxygen atoms in total. The van der Waals surface area contributed by atoms with Gasteiger partial charge in [-0.2, -0.15) is 12.6 Å². The molecule has 1 fully saturated rings. The fourth-order valence-electron chi connectivity index (χ4n) is 3.73. The molecule has 1 heterocycles. The molecule has 192 valence electrons. The van der Waals surface area contributed by atoms with E-state index >= 15 is 0 Å². The summed E-state index contributed by atoms with van der Waals surface area (Å²) in [6.45, 7) is 0.241. The number of likely N-dealkylation sites (tertiary alicyclic amines) is 1. The second kappa shape index (κ2) is 13.0. The third kappa shape index (κ3) is 8.14. The summed E-state index contributed by atoms with van der Waals surface area (Å²) in [5, 5.41) is 23.7. The first-order chi connectivity index (χ1) is 16.5. The van der Waals surface area contributed by atoms with Gasteiger partial charge in [-0.1, -0.05) is 12.1 Å². The number of aliphatic carboxylic acids is 1. The quantitative estimate of drug-likeness (QED) is 0.165. The van der Waals surface area contributed by atoms with E-state index < -0.39 is 53.8 Å². The number of carboxylic acid groups (broad SMARTS) is 1. The molecule has 4 unspecified atom stereocenters. The van der Waals surface area contributed by atoms with Crippen molar-refractivity contribution in [1.29, 1.82) is 0 Å². The molecule has 8 N–H and O–H groups in total. The van der Waals surface area contributed by atoms with Gasteiger partial charge in [0.05, 0.1) is 6.04 Å². The number of aromatic hydroxyl groups is 1. The summed E-state index contributed by atoms with van der Waals surface area (Å²) in [5.41, 5.74) is 11.6. The fourth-order valence-corrected chi connectivity index (χ4v) is 3.98. The van der Waals surface area contributed by atoms with Gasteiger partial charge in [0.2, 0.25) is 23.6 Å². The van der Waals surface area contributed by atoms with Crippen LogP contribution in [0.5, 0.6) is 5.75 Å². The van der Waals surface area contributed by atoms with Gasteiger partial charge in [-0.05, 0) is 37.0 Å². The van der Waals surface area contributed by atoms with Crippen molar-refractivity contribution >= 4 is 42.2 Å². The van der Waals surface area contributed by atoms with E-state index in [0.717, 1.165) is 0 Å². The highest BCUT2D eigenvalue weighted by Gasteiger charge is 2.39. The maximum Gasteiger partial charge on any atom is 0.327 e. The minimum atomic E-state index is -1.24. The highest BCUT2D eigenvalue weighted by atomic mass is 32.1. The molecule has 4 amide bonds. The summed E-state index contributed by atoms with van der Waals surface area (Å²) in [5.74, 6) is -3.77. The number of nitrogens with zero attached hydrogens (tertiary/aromatic N) is 1. The van der Waals surface area contributed by atoms with Crippen LogP contribution in [0.2, 0.25) is 0 Å². The molecule has 1 aliphatic heterocycles. The number of nitrogens with two attached hydrogens (primary N) is 2. The molecular weight excluding hydrogens is 478 g/mol. The first-order valence-electron chi connectivity index (χ1n) is 11.1. The molecule has 0 aliphatic carbocycles. The Bertz CT molecular complexity index is 943. The number of amides is 4. The van der Waals surface area contributed by atoms with Gasteiger partial charge in [0.25, 0.3) is 0 Å². The van der Waals surface area contributed by atoms with E-state index in [-0.39, 0.29) is 37.3 Å². The lowest BCUT2D eigenvalue weighted by molar-refractivity contribution is -0.144. The molecule has 0 radical (unpaired) electrons. The van der Waals surface area contributed by atoms with E-state index in [1.54, 1.807) is 12.1 Å². The third-order valence-corrected chi connectivity index (χ3v) is 6.03. The summed E-state index contributed by atoms with van der Waals surface area (Å²) in [7, 11) is 0. The normalized spacial score (nSPS) is 17.8. The van der Waals surface area contributed by atoms with Gasteiger partial charge < -0.3 is 37.2 Å². The standard InChI is InChI=1S/C22H31N5O7S/c23-14(7-8-18(24)29)19(30)25-15(10-12-3-5-13(28)6-4-12)21(32)27-9-1-2-17(27)20(31)26-16(11-35)22(33)34/h3-6,14-17,28,35H,1-2,7-11,23H2,(H2,24,29)(H,25,30)(H,26,31)(H,33,34). The summed E-state index contributed by atoms with van der Waals surface area (Å²) in [6, 6.07) is 1.76. The van der Waals surface area contributed by atoms with Gasteiger partial charge in [0, 0.05) is 25.1 Å². The number of hydrogen-bond acceptors (Lipinski definition) is 8. The van der Waals surface area contributed by atoms with Crippen molar-refractivity contribution in [2.45, 2.75) is 56.3 Å². The molecule has 1 aliphatic rings. The molecule has 0 saturated carbocycles. The highest BCUT2D eigenvalue weighted by molar-refractivity contribution is 7.80. The minimum absolute atomic E-state index is 0.00363. The Kier molecular flexibility index (Phi) is 10.3. The highest BCUT2D eigenvalue weighted by Crippen LogP contribution is 2.21. The van der Waals surface area contributed by atoms with E-state index in [1.807, 2.05) is 0 Å². The second-order valence-electron chi connectivity index (χ2n) is 8.31. The van der Waals surface area contributed by atoms with E-state index in [9.17, 15) is 34.2 Å². The topological polar surface area (TPSA) is 205 Å². The number of carbonyl (C=O) groups excluding carboxylic acids is 4. The molecule has 2 rings (SSSR count). The van der Waals surface area contributed by atoms with Crippen LogP contribution in [0.3, 0.4) is 0 Å². The van der Waals surface area contributed by atoms with Crippen LogP contribution in [0.4, 0.5) is 0 Å². The van der Waals surface area contributed by atoms with Crippen LogP contribution in [-0.2, 0) is 30.4 Å². The Labute approximate surface area is 207 Å². The first kappa shape index (κ1) is 27.9. The predicted molar refractivity (Wildman–Crippen MR) is 128 cm³/mol. The second-order valence-corrected chi connectivity index (χ2v) is 8.68. The van der Waals surface area contributed by atoms with Crippen LogP contribution in [0.15, 0.2) is 24.3 Å². The lowest BCUT2D eigenvalue weighted by Gasteiger charge is -2.30. The van der Waals surface area contributed by atoms with Crippen LogP contribution < -0.4 is 22.1 Å². The number of primary amides is 1. The van der Waals surface area contributed by atoms with E-state index in [0.29, 0.717) is 18.4 Å². The molecule has 1 aromatic carbocycles. The molecule has 1 saturated heterocycles. The van der Waals surface area contributed by atoms with Crippen LogP contribution in [0, 0.1) is 0 Å². The number of carboxylic acids is 1. The van der Waals surface area contributed by atoms with Gasteiger partial charge in [0.1, 0.15) is 23.9 Å². The first-order valence-corrected chi connectivity index (χ1v) is 11.7. The van der Waals surface area contributed by atoms with Crippen LogP contribution in [0.25, 0.3) is 0 Å². The zero-order valence-electron chi connectivity index (χ0n) is 19.1. The molecule has 1 aromatic rings. The molecule has 0 aromatic heterocycles. The molecule has 4 atom stereocenters. The number of phenolic OH excluding ortho intramolecular Hbond substituents is 1. The van der Waals surface area contributed by atoms with E-state index in [1.165, 1.54) is 17.0 Å². The Balaban J connectivity index is 2.21. The van der Waals surface area contributed by atoms with Gasteiger partial charge in [-0.3, -0.25) is 19.2 Å². The lowest BCUT2D eigenvalue weighted by Crippen LogP contribution is -2.57. The minimum Gasteiger partial charge on any atom is -0.508 e. The van der Waals surface area contributed by atoms with Crippen molar-refractivity contribution in [2.24, 2.45) is 11.5 Å². The molecular formula is C22H31N5O7S. The number of thiol groups is 1. The predicted octanol–water partition coefficient (Wildman–Crippen LogP) is -1.50. The Hall–Kier alpha value is -3.32. The summed E-state index contributed by atoms with van der Waals surface area (Å²) < 4.78 is 0. The Morgan fingerprint density at radius 2 is 1.77 bits per heavy atom. The van der Waals surface area contributed by atoms with Gasteiger partial charge >= 0.3 is 5.97 Å². The number of nitrogens with one attached hydrogen (secondary N) is 2. The number of benzene rings is 1. The SMILES string of the molecule is NC(=O)CCC(N)C(=O)NC(Cc1ccc(O)cc1)C(=O)N1CCCC1C(=O)NC(CS)C(=O)O. The van der Waals surface area contributed by atoms with Crippen molar-refractivity contribution in [3.63, 3.8) is 0 Å². The number of rotatable bonds is 12. The van der Waals surface area contributed by atoms with Crippen LogP contribution in [0.1, 0.15) is 31.2 Å².